The van der Waals surface area contributed by atoms with Gasteiger partial charge in [0, 0.05) is 19.6 Å². The quantitative estimate of drug-likeness (QED) is 0.509. The number of hydrogen-bond donors (Lipinski definition) is 3. The summed E-state index contributed by atoms with van der Waals surface area (Å²) in [5.41, 5.74) is -2.20. The number of carboxylic acid groups (broad SMARTS) is 3. The smallest absolute Gasteiger partial charge is 0.490 e. The van der Waals surface area contributed by atoms with Crippen LogP contribution < -0.4 is 9.47 Å². The molecule has 1 saturated heterocycles. The normalized spacial score (nSPS) is 24.4. The molecule has 0 bridgehead atoms. The van der Waals surface area contributed by atoms with Gasteiger partial charge in [-0.1, -0.05) is 0 Å². The molecule has 1 aliphatic carbocycles. The average molecular weight is 449 g/mol. The number of halogens is 3. The van der Waals surface area contributed by atoms with Gasteiger partial charge in [0.25, 0.3) is 0 Å². The van der Waals surface area contributed by atoms with E-state index < -0.39 is 34.9 Å². The molecule has 9 nitrogen and oxygen atoms in total. The minimum atomic E-state index is -5.08. The van der Waals surface area contributed by atoms with Gasteiger partial charge in [0.05, 0.1) is 24.5 Å². The van der Waals surface area contributed by atoms with E-state index in [1.807, 2.05) is 29.2 Å². The molecule has 2 fully saturated rings. The SMILES string of the molecule is COc1ccc(OCCCN2C[C@@]3(C(=O)O)C[C@@]3(C(=O)O)C2)cc1.O=C(O)C(F)(F)F. The molecule has 3 N–H and O–H groups in total. The van der Waals surface area contributed by atoms with Crippen molar-refractivity contribution in [3.05, 3.63) is 24.3 Å². The highest BCUT2D eigenvalue weighted by molar-refractivity contribution is 5.94. The summed E-state index contributed by atoms with van der Waals surface area (Å²) in [5, 5.41) is 25.9. The van der Waals surface area contributed by atoms with Crippen molar-refractivity contribution in [2.24, 2.45) is 10.8 Å². The minimum Gasteiger partial charge on any atom is -0.497 e. The fraction of sp³-hybridized carbons (Fsp3) is 0.526. The number of fused-ring (bicyclic) bond motifs is 1. The molecule has 0 amide bonds. The van der Waals surface area contributed by atoms with Crippen molar-refractivity contribution in [3.63, 3.8) is 0 Å². The molecular weight excluding hydrogens is 427 g/mol. The first-order valence-corrected chi connectivity index (χ1v) is 9.14. The molecule has 172 valence electrons. The van der Waals surface area contributed by atoms with Gasteiger partial charge < -0.3 is 29.7 Å². The van der Waals surface area contributed by atoms with Crippen LogP contribution in [0.25, 0.3) is 0 Å². The van der Waals surface area contributed by atoms with Crippen molar-refractivity contribution in [3.8, 4) is 11.5 Å². The summed E-state index contributed by atoms with van der Waals surface area (Å²) >= 11 is 0. The summed E-state index contributed by atoms with van der Waals surface area (Å²) in [7, 11) is 1.60. The molecule has 0 aromatic heterocycles. The molecule has 2 aliphatic rings. The van der Waals surface area contributed by atoms with E-state index in [-0.39, 0.29) is 6.42 Å². The second kappa shape index (κ2) is 9.00. The van der Waals surface area contributed by atoms with Gasteiger partial charge in [-0.25, -0.2) is 4.79 Å². The van der Waals surface area contributed by atoms with Crippen molar-refractivity contribution in [2.45, 2.75) is 19.0 Å². The van der Waals surface area contributed by atoms with E-state index in [2.05, 4.69) is 0 Å². The first-order chi connectivity index (χ1) is 14.4. The highest BCUT2D eigenvalue weighted by Crippen LogP contribution is 2.68. The van der Waals surface area contributed by atoms with Crippen LogP contribution in [0.3, 0.4) is 0 Å². The topological polar surface area (TPSA) is 134 Å². The molecule has 1 aliphatic heterocycles. The zero-order valence-electron chi connectivity index (χ0n) is 16.5. The maximum Gasteiger partial charge on any atom is 0.490 e. The third-order valence-electron chi connectivity index (χ3n) is 5.39. The van der Waals surface area contributed by atoms with E-state index in [4.69, 9.17) is 19.4 Å². The van der Waals surface area contributed by atoms with Crippen molar-refractivity contribution < 1.29 is 52.3 Å². The van der Waals surface area contributed by atoms with E-state index in [0.717, 1.165) is 11.5 Å². The maximum atomic E-state index is 11.5. The van der Waals surface area contributed by atoms with Crippen molar-refractivity contribution in [1.29, 1.82) is 0 Å². The summed E-state index contributed by atoms with van der Waals surface area (Å²) in [5.74, 6) is -3.25. The Kier molecular flexibility index (Phi) is 7.04. The molecule has 2 atom stereocenters. The van der Waals surface area contributed by atoms with Crippen molar-refractivity contribution in [1.82, 2.24) is 4.90 Å². The van der Waals surface area contributed by atoms with Crippen LogP contribution in [0.5, 0.6) is 11.5 Å². The Morgan fingerprint density at radius 2 is 1.45 bits per heavy atom. The zero-order chi connectivity index (χ0) is 23.4. The molecule has 1 saturated carbocycles. The summed E-state index contributed by atoms with van der Waals surface area (Å²) in [6, 6.07) is 7.28. The van der Waals surface area contributed by atoms with Gasteiger partial charge in [0.15, 0.2) is 0 Å². The number of benzene rings is 1. The van der Waals surface area contributed by atoms with Crippen LogP contribution in [0, 0.1) is 10.8 Å². The zero-order valence-corrected chi connectivity index (χ0v) is 16.5. The van der Waals surface area contributed by atoms with Crippen LogP contribution in [0.15, 0.2) is 24.3 Å². The number of piperidine rings is 1. The molecule has 31 heavy (non-hydrogen) atoms. The second-order valence-electron chi connectivity index (χ2n) is 7.34. The fourth-order valence-corrected chi connectivity index (χ4v) is 3.71. The average Bonchev–Trinajstić information content (AvgIpc) is 3.24. The van der Waals surface area contributed by atoms with E-state index in [0.29, 0.717) is 32.7 Å². The summed E-state index contributed by atoms with van der Waals surface area (Å²) in [6.07, 6.45) is -4.14. The number of alkyl halides is 3. The van der Waals surface area contributed by atoms with Gasteiger partial charge in [0.2, 0.25) is 0 Å². The molecule has 0 spiro atoms. The molecular formula is C19H22F3NO8. The molecule has 3 rings (SSSR count). The first kappa shape index (κ1) is 24.3. The van der Waals surface area contributed by atoms with Gasteiger partial charge >= 0.3 is 24.1 Å². The van der Waals surface area contributed by atoms with Gasteiger partial charge in [-0.05, 0) is 37.1 Å². The van der Waals surface area contributed by atoms with Gasteiger partial charge in [-0.15, -0.1) is 0 Å². The standard InChI is InChI=1S/C17H21NO6.C2HF3O2/c1-23-12-3-5-13(6-4-12)24-8-2-7-18-10-16(14(19)20)9-17(16,11-18)15(21)22;3-2(4,5)1(6)7/h3-6H,2,7-11H2,1H3,(H,19,20)(H,21,22);(H,6,7)/t16-,17+;. The highest BCUT2D eigenvalue weighted by atomic mass is 19.4. The lowest BCUT2D eigenvalue weighted by atomic mass is 9.97. The second-order valence-corrected chi connectivity index (χ2v) is 7.34. The van der Waals surface area contributed by atoms with E-state index in [9.17, 15) is 33.0 Å². The number of aliphatic carboxylic acids is 3. The largest absolute Gasteiger partial charge is 0.497 e. The molecule has 1 heterocycles. The lowest BCUT2D eigenvalue weighted by Crippen LogP contribution is -2.30. The number of nitrogens with zero attached hydrogens (tertiary/aromatic N) is 1. The Hall–Kier alpha value is -3.02. The highest BCUT2D eigenvalue weighted by Gasteiger charge is 2.80. The van der Waals surface area contributed by atoms with Gasteiger partial charge in [-0.2, -0.15) is 13.2 Å². The number of ether oxygens (including phenoxy) is 2. The van der Waals surface area contributed by atoms with Crippen molar-refractivity contribution in [2.75, 3.05) is 33.4 Å². The van der Waals surface area contributed by atoms with Crippen LogP contribution in [-0.2, 0) is 14.4 Å². The maximum absolute atomic E-state index is 11.5. The van der Waals surface area contributed by atoms with Gasteiger partial charge in [0.1, 0.15) is 11.5 Å². The van der Waals surface area contributed by atoms with E-state index >= 15 is 0 Å². The summed E-state index contributed by atoms with van der Waals surface area (Å²) in [4.78, 5) is 33.7. The predicted molar refractivity (Wildman–Crippen MR) is 98.0 cm³/mol. The predicted octanol–water partition coefficient (Wildman–Crippen LogP) is 1.96. The minimum absolute atomic E-state index is 0.240. The molecule has 0 unspecified atom stereocenters. The molecule has 0 radical (unpaired) electrons. The Morgan fingerprint density at radius 1 is 1.00 bits per heavy atom. The van der Waals surface area contributed by atoms with Gasteiger partial charge in [-0.3, -0.25) is 9.59 Å². The van der Waals surface area contributed by atoms with Crippen LogP contribution >= 0.6 is 0 Å². The van der Waals surface area contributed by atoms with Crippen molar-refractivity contribution >= 4 is 17.9 Å². The monoisotopic (exact) mass is 449 g/mol. The Bertz CT molecular complexity index is 800. The number of carbonyl (C=O) groups is 3. The molecule has 1 aromatic rings. The third kappa shape index (κ3) is 5.19. The lowest BCUT2D eigenvalue weighted by Gasteiger charge is -2.19. The van der Waals surface area contributed by atoms with Crippen LogP contribution in [0.1, 0.15) is 12.8 Å². The first-order valence-electron chi connectivity index (χ1n) is 9.14. The Morgan fingerprint density at radius 3 is 1.84 bits per heavy atom. The fourth-order valence-electron chi connectivity index (χ4n) is 3.71. The molecule has 1 aromatic carbocycles. The number of methoxy groups -OCH3 is 1. The lowest BCUT2D eigenvalue weighted by molar-refractivity contribution is -0.192. The number of hydrogen-bond acceptors (Lipinski definition) is 6. The summed E-state index contributed by atoms with van der Waals surface area (Å²) < 4.78 is 42.4. The van der Waals surface area contributed by atoms with E-state index in [1.54, 1.807) is 7.11 Å². The Labute approximate surface area is 175 Å². The number of rotatable bonds is 8. The summed E-state index contributed by atoms with van der Waals surface area (Å²) in [6.45, 7) is 1.72. The van der Waals surface area contributed by atoms with Crippen LogP contribution in [0.2, 0.25) is 0 Å². The third-order valence-corrected chi connectivity index (χ3v) is 5.39. The Balaban J connectivity index is 0.000000423. The van der Waals surface area contributed by atoms with E-state index in [1.165, 1.54) is 0 Å². The molecule has 12 heteroatoms. The number of likely N-dealkylation sites (tertiary alicyclic amines) is 1. The van der Waals surface area contributed by atoms with Crippen LogP contribution in [-0.4, -0.2) is 77.7 Å². The number of carboxylic acids is 3. The van der Waals surface area contributed by atoms with Crippen LogP contribution in [0.4, 0.5) is 13.2 Å².